The summed E-state index contributed by atoms with van der Waals surface area (Å²) in [5.74, 6) is -0.104. The van der Waals surface area contributed by atoms with Crippen molar-refractivity contribution < 1.29 is 17.9 Å². The summed E-state index contributed by atoms with van der Waals surface area (Å²) in [6.45, 7) is 7.70. The minimum atomic E-state index is -1.39. The second-order valence-corrected chi connectivity index (χ2v) is 10.7. The monoisotopic (exact) mass is 485 g/mol. The molecule has 2 aliphatic rings. The number of alkyl halides is 2. The fourth-order valence-electron chi connectivity index (χ4n) is 5.59. The Hall–Kier alpha value is -2.51. The smallest absolute Gasteiger partial charge is 0.165 e. The Morgan fingerprint density at radius 3 is 2.63 bits per heavy atom. The minimum absolute atomic E-state index is 0.0883. The van der Waals surface area contributed by atoms with E-state index in [2.05, 4.69) is 27.8 Å². The lowest BCUT2D eigenvalue weighted by Crippen LogP contribution is -2.49. The number of para-hydroxylation sites is 1. The van der Waals surface area contributed by atoms with Crippen molar-refractivity contribution in [3.63, 3.8) is 0 Å². The number of nitrogens with zero attached hydrogens (tertiary/aromatic N) is 2. The van der Waals surface area contributed by atoms with Crippen molar-refractivity contribution in [2.24, 2.45) is 5.92 Å². The van der Waals surface area contributed by atoms with Crippen LogP contribution in [0.5, 0.6) is 5.75 Å². The van der Waals surface area contributed by atoms with Crippen molar-refractivity contribution >= 4 is 10.9 Å². The molecule has 1 aromatic heterocycles. The standard InChI is InChI=1S/C28H34F3N3O/c1-18-12-22-21-6-4-5-7-24(21)32-26(22)27(34(18)17-28(2,3)31)20-8-9-25(23(30)13-20)35-11-10-33-15-19(14-29)16-33/h4-9,13,18-19,27,32H,10-12,14-17H2,1-3H3/t18-,27+/m1/s1. The lowest BCUT2D eigenvalue weighted by molar-refractivity contribution is 0.0654. The Bertz CT molecular complexity index is 1180. The molecule has 7 heteroatoms. The van der Waals surface area contributed by atoms with Crippen LogP contribution < -0.4 is 4.74 Å². The molecule has 1 fully saturated rings. The highest BCUT2D eigenvalue weighted by atomic mass is 19.1. The van der Waals surface area contributed by atoms with Crippen LogP contribution in [0.3, 0.4) is 0 Å². The average Bonchev–Trinajstić information content (AvgIpc) is 3.14. The Kier molecular flexibility index (Phi) is 6.57. The SMILES string of the molecule is C[C@@H]1Cc2c([nH]c3ccccc23)[C@H](c2ccc(OCCN3CC(CF)C3)c(F)c2)N1CC(C)(C)F. The largest absolute Gasteiger partial charge is 0.489 e. The van der Waals surface area contributed by atoms with Crippen molar-refractivity contribution in [3.8, 4) is 5.75 Å². The van der Waals surface area contributed by atoms with Crippen LogP contribution in [0.1, 0.15) is 43.6 Å². The van der Waals surface area contributed by atoms with E-state index >= 15 is 4.39 Å². The van der Waals surface area contributed by atoms with Crippen molar-refractivity contribution in [2.45, 2.75) is 44.9 Å². The third-order valence-electron chi connectivity index (χ3n) is 7.26. The van der Waals surface area contributed by atoms with Gasteiger partial charge in [0.1, 0.15) is 12.3 Å². The molecule has 0 aliphatic carbocycles. The van der Waals surface area contributed by atoms with Gasteiger partial charge in [-0.15, -0.1) is 0 Å². The molecular weight excluding hydrogens is 451 g/mol. The molecule has 0 unspecified atom stereocenters. The summed E-state index contributed by atoms with van der Waals surface area (Å²) in [5.41, 5.74) is 2.63. The zero-order valence-corrected chi connectivity index (χ0v) is 20.7. The number of aromatic nitrogens is 1. The number of aromatic amines is 1. The maximum Gasteiger partial charge on any atom is 0.165 e. The number of nitrogens with one attached hydrogen (secondary N) is 1. The first-order valence-corrected chi connectivity index (χ1v) is 12.5. The summed E-state index contributed by atoms with van der Waals surface area (Å²) in [6.07, 6.45) is 0.801. The van der Waals surface area contributed by atoms with Gasteiger partial charge in [-0.1, -0.05) is 24.3 Å². The van der Waals surface area contributed by atoms with Crippen LogP contribution in [0.15, 0.2) is 42.5 Å². The van der Waals surface area contributed by atoms with Crippen molar-refractivity contribution in [1.29, 1.82) is 0 Å². The van der Waals surface area contributed by atoms with Crippen LogP contribution in [-0.2, 0) is 6.42 Å². The fourth-order valence-corrected chi connectivity index (χ4v) is 5.59. The topological polar surface area (TPSA) is 31.5 Å². The number of fused-ring (bicyclic) bond motifs is 3. The summed E-state index contributed by atoms with van der Waals surface area (Å²) in [5, 5.41) is 1.17. The number of halogens is 3. The molecule has 2 atom stereocenters. The molecule has 0 amide bonds. The minimum Gasteiger partial charge on any atom is -0.489 e. The number of H-pyrrole nitrogens is 1. The van der Waals surface area contributed by atoms with Gasteiger partial charge in [0.25, 0.3) is 0 Å². The summed E-state index contributed by atoms with van der Waals surface area (Å²) in [6, 6.07) is 13.0. The number of rotatable bonds is 8. The Labute approximate surface area is 205 Å². The first kappa shape index (κ1) is 24.2. The van der Waals surface area contributed by atoms with E-state index in [4.69, 9.17) is 4.74 Å². The van der Waals surface area contributed by atoms with Crippen LogP contribution in [0, 0.1) is 11.7 Å². The van der Waals surface area contributed by atoms with Gasteiger partial charge in [-0.05, 0) is 56.5 Å². The Morgan fingerprint density at radius 1 is 1.14 bits per heavy atom. The molecule has 1 saturated heterocycles. The molecule has 0 spiro atoms. The molecule has 4 nitrogen and oxygen atoms in total. The predicted octanol–water partition coefficient (Wildman–Crippen LogP) is 5.67. The van der Waals surface area contributed by atoms with Gasteiger partial charge in [0.15, 0.2) is 11.6 Å². The third kappa shape index (κ3) is 4.94. The number of hydrogen-bond donors (Lipinski definition) is 1. The molecule has 35 heavy (non-hydrogen) atoms. The van der Waals surface area contributed by atoms with Crippen LogP contribution in [-0.4, -0.2) is 66.0 Å². The van der Waals surface area contributed by atoms with Crippen LogP contribution in [0.2, 0.25) is 0 Å². The number of benzene rings is 2. The van der Waals surface area contributed by atoms with Gasteiger partial charge in [0.2, 0.25) is 0 Å². The zero-order valence-electron chi connectivity index (χ0n) is 20.7. The maximum absolute atomic E-state index is 15.2. The molecule has 3 heterocycles. The quantitative estimate of drug-likeness (QED) is 0.446. The molecule has 1 N–H and O–H groups in total. The van der Waals surface area contributed by atoms with Gasteiger partial charge >= 0.3 is 0 Å². The number of likely N-dealkylation sites (tertiary alicyclic amines) is 1. The molecule has 2 aromatic carbocycles. The van der Waals surface area contributed by atoms with Crippen molar-refractivity contribution in [3.05, 3.63) is 65.1 Å². The molecule has 2 aliphatic heterocycles. The van der Waals surface area contributed by atoms with Gasteiger partial charge < -0.3 is 9.72 Å². The highest BCUT2D eigenvalue weighted by Crippen LogP contribution is 2.42. The van der Waals surface area contributed by atoms with Crippen molar-refractivity contribution in [1.82, 2.24) is 14.8 Å². The van der Waals surface area contributed by atoms with E-state index in [1.54, 1.807) is 19.9 Å². The lowest BCUT2D eigenvalue weighted by atomic mass is 9.87. The van der Waals surface area contributed by atoms with E-state index in [9.17, 15) is 8.78 Å². The molecule has 0 saturated carbocycles. The normalized spacial score (nSPS) is 21.8. The summed E-state index contributed by atoms with van der Waals surface area (Å²) in [7, 11) is 0. The van der Waals surface area contributed by atoms with E-state index in [0.717, 1.165) is 36.3 Å². The van der Waals surface area contributed by atoms with E-state index in [-0.39, 0.29) is 37.0 Å². The summed E-state index contributed by atoms with van der Waals surface area (Å²) >= 11 is 0. The van der Waals surface area contributed by atoms with Gasteiger partial charge in [-0.25, -0.2) is 8.78 Å². The number of ether oxygens (including phenoxy) is 1. The maximum atomic E-state index is 15.2. The fraction of sp³-hybridized carbons (Fsp3) is 0.500. The van der Waals surface area contributed by atoms with Crippen molar-refractivity contribution in [2.75, 3.05) is 39.5 Å². The van der Waals surface area contributed by atoms with E-state index < -0.39 is 11.5 Å². The van der Waals surface area contributed by atoms with Gasteiger partial charge in [0, 0.05) is 54.7 Å². The number of hydrogen-bond acceptors (Lipinski definition) is 3. The molecule has 0 bridgehead atoms. The molecule has 188 valence electrons. The Morgan fingerprint density at radius 2 is 1.91 bits per heavy atom. The summed E-state index contributed by atoms with van der Waals surface area (Å²) in [4.78, 5) is 7.80. The van der Waals surface area contributed by atoms with Gasteiger partial charge in [0.05, 0.1) is 12.7 Å². The molecule has 3 aromatic rings. The van der Waals surface area contributed by atoms with Crippen LogP contribution >= 0.6 is 0 Å². The summed E-state index contributed by atoms with van der Waals surface area (Å²) < 4.78 is 48.4. The highest BCUT2D eigenvalue weighted by Gasteiger charge is 2.38. The average molecular weight is 486 g/mol. The van der Waals surface area contributed by atoms with Crippen LogP contribution in [0.4, 0.5) is 13.2 Å². The van der Waals surface area contributed by atoms with Crippen LogP contribution in [0.25, 0.3) is 10.9 Å². The highest BCUT2D eigenvalue weighted by molar-refractivity contribution is 5.85. The molecule has 0 radical (unpaired) electrons. The first-order chi connectivity index (χ1) is 16.7. The third-order valence-corrected chi connectivity index (χ3v) is 7.26. The second-order valence-electron chi connectivity index (χ2n) is 10.7. The predicted molar refractivity (Wildman–Crippen MR) is 133 cm³/mol. The Balaban J connectivity index is 1.42. The molecule has 5 rings (SSSR count). The van der Waals surface area contributed by atoms with Gasteiger partial charge in [-0.2, -0.15) is 0 Å². The lowest BCUT2D eigenvalue weighted by Gasteiger charge is -2.43. The molecular formula is C28H34F3N3O. The first-order valence-electron chi connectivity index (χ1n) is 12.5. The van der Waals surface area contributed by atoms with E-state index in [1.807, 2.05) is 24.3 Å². The van der Waals surface area contributed by atoms with E-state index in [1.165, 1.54) is 17.0 Å². The zero-order chi connectivity index (χ0) is 24.7. The second kappa shape index (κ2) is 9.51. The van der Waals surface area contributed by atoms with E-state index in [0.29, 0.717) is 13.2 Å². The van der Waals surface area contributed by atoms with Gasteiger partial charge in [-0.3, -0.25) is 14.2 Å².